The lowest BCUT2D eigenvalue weighted by molar-refractivity contribution is -0.128. The molecule has 0 aromatic carbocycles. The first-order valence-corrected chi connectivity index (χ1v) is 8.99. The van der Waals surface area contributed by atoms with Gasteiger partial charge in [0, 0.05) is 0 Å². The number of amides is 2. The first-order chi connectivity index (χ1) is 7.70. The van der Waals surface area contributed by atoms with Crippen molar-refractivity contribution < 1.29 is 23.9 Å². The van der Waals surface area contributed by atoms with E-state index in [0.29, 0.717) is 0 Å². The molecule has 1 fully saturated rings. The molecule has 2 unspecified atom stereocenters. The van der Waals surface area contributed by atoms with Gasteiger partial charge in [-0.25, -0.2) is 4.79 Å². The van der Waals surface area contributed by atoms with Crippen LogP contribution in [0.4, 0.5) is 4.79 Å². The predicted octanol–water partition coefficient (Wildman–Crippen LogP) is 0.821. The van der Waals surface area contributed by atoms with Crippen LogP contribution in [0.2, 0.25) is 19.6 Å². The van der Waals surface area contributed by atoms with E-state index in [2.05, 4.69) is 25.0 Å². The van der Waals surface area contributed by atoms with E-state index in [0.717, 1.165) is 0 Å². The second-order valence-corrected chi connectivity index (χ2v) is 10.6. The Bertz CT molecular complexity index is 349. The molecule has 0 spiro atoms. The number of hydrogen-bond acceptors (Lipinski definition) is 5. The second-order valence-electron chi connectivity index (χ2n) is 5.10. The molecule has 1 heterocycles. The highest BCUT2D eigenvalue weighted by Crippen LogP contribution is 2.13. The molecule has 2 atom stereocenters. The summed E-state index contributed by atoms with van der Waals surface area (Å²) in [5.74, 6) is -1.03. The highest BCUT2D eigenvalue weighted by Gasteiger charge is 2.35. The van der Waals surface area contributed by atoms with Crippen LogP contribution in [-0.4, -0.2) is 37.9 Å². The standard InChI is InChI=1S/C10H17NO5Si/c1-6(17(2,3)4)15-10(14)16-7-5-8(12)11-9(7)13/h6-7H,5H2,1-4H3,(H,11,12,13). The molecule has 1 N–H and O–H groups in total. The van der Waals surface area contributed by atoms with Crippen molar-refractivity contribution >= 4 is 26.0 Å². The van der Waals surface area contributed by atoms with E-state index >= 15 is 0 Å². The lowest BCUT2D eigenvalue weighted by atomic mass is 10.3. The summed E-state index contributed by atoms with van der Waals surface area (Å²) in [6.45, 7) is 7.96. The minimum Gasteiger partial charge on any atom is -0.435 e. The molecular formula is C10H17NO5Si. The van der Waals surface area contributed by atoms with Crippen molar-refractivity contribution in [2.45, 2.75) is 44.8 Å². The summed E-state index contributed by atoms with van der Waals surface area (Å²) < 4.78 is 9.86. The maximum atomic E-state index is 11.4. The van der Waals surface area contributed by atoms with E-state index in [1.165, 1.54) is 0 Å². The van der Waals surface area contributed by atoms with Gasteiger partial charge >= 0.3 is 6.16 Å². The summed E-state index contributed by atoms with van der Waals surface area (Å²) in [6.07, 6.45) is -2.08. The first kappa shape index (κ1) is 13.7. The number of carbonyl (C=O) groups is 3. The summed E-state index contributed by atoms with van der Waals surface area (Å²) in [7, 11) is -1.60. The molecule has 0 aromatic heterocycles. The molecule has 1 aliphatic heterocycles. The van der Waals surface area contributed by atoms with Crippen LogP contribution in [-0.2, 0) is 19.1 Å². The first-order valence-electron chi connectivity index (χ1n) is 5.41. The molecular weight excluding hydrogens is 242 g/mol. The van der Waals surface area contributed by atoms with Gasteiger partial charge in [-0.05, 0) is 6.92 Å². The van der Waals surface area contributed by atoms with E-state index in [1.54, 1.807) is 6.92 Å². The number of nitrogens with one attached hydrogen (secondary N) is 1. The number of imide groups is 1. The van der Waals surface area contributed by atoms with Crippen molar-refractivity contribution in [2.75, 3.05) is 0 Å². The summed E-state index contributed by atoms with van der Waals surface area (Å²) in [6, 6.07) is 0. The van der Waals surface area contributed by atoms with Gasteiger partial charge < -0.3 is 9.47 Å². The minimum absolute atomic E-state index is 0.130. The summed E-state index contributed by atoms with van der Waals surface area (Å²) in [4.78, 5) is 33.4. The summed E-state index contributed by atoms with van der Waals surface area (Å²) in [5.41, 5.74) is -0.213. The number of hydrogen-bond donors (Lipinski definition) is 1. The molecule has 0 saturated carbocycles. The van der Waals surface area contributed by atoms with E-state index in [4.69, 9.17) is 9.47 Å². The van der Waals surface area contributed by atoms with Crippen LogP contribution in [0.15, 0.2) is 0 Å². The molecule has 1 rings (SSSR count). The van der Waals surface area contributed by atoms with Crippen LogP contribution in [0.25, 0.3) is 0 Å². The van der Waals surface area contributed by atoms with Crippen molar-refractivity contribution in [1.82, 2.24) is 5.32 Å². The number of ether oxygens (including phenoxy) is 2. The highest BCUT2D eigenvalue weighted by atomic mass is 28.3. The van der Waals surface area contributed by atoms with Gasteiger partial charge in [-0.1, -0.05) is 19.6 Å². The Balaban J connectivity index is 2.45. The summed E-state index contributed by atoms with van der Waals surface area (Å²) in [5, 5.41) is 2.05. The predicted molar refractivity (Wildman–Crippen MR) is 61.9 cm³/mol. The highest BCUT2D eigenvalue weighted by molar-refractivity contribution is 6.77. The zero-order chi connectivity index (χ0) is 13.2. The molecule has 6 nitrogen and oxygen atoms in total. The maximum Gasteiger partial charge on any atom is 0.509 e. The van der Waals surface area contributed by atoms with Crippen LogP contribution in [0.5, 0.6) is 0 Å². The van der Waals surface area contributed by atoms with Crippen molar-refractivity contribution in [1.29, 1.82) is 0 Å². The van der Waals surface area contributed by atoms with Gasteiger partial charge in [-0.2, -0.15) is 0 Å². The molecule has 0 radical (unpaired) electrons. The SMILES string of the molecule is CC(OC(=O)OC1CC(=O)NC1=O)[Si](C)(C)C. The lowest BCUT2D eigenvalue weighted by Crippen LogP contribution is -2.40. The zero-order valence-electron chi connectivity index (χ0n) is 10.4. The molecule has 96 valence electrons. The number of carbonyl (C=O) groups excluding carboxylic acids is 3. The molecule has 0 aliphatic carbocycles. The fraction of sp³-hybridized carbons (Fsp3) is 0.700. The molecule has 7 heteroatoms. The number of rotatable bonds is 3. The topological polar surface area (TPSA) is 81.7 Å². The molecule has 0 bridgehead atoms. The van der Waals surface area contributed by atoms with Gasteiger partial charge in [0.1, 0.15) is 0 Å². The van der Waals surface area contributed by atoms with Gasteiger partial charge in [-0.3, -0.25) is 14.9 Å². The largest absolute Gasteiger partial charge is 0.509 e. The van der Waals surface area contributed by atoms with Crippen LogP contribution in [0.3, 0.4) is 0 Å². The monoisotopic (exact) mass is 259 g/mol. The Labute approximate surface area is 101 Å². The third-order valence-corrected chi connectivity index (χ3v) is 5.21. The van der Waals surface area contributed by atoms with E-state index in [9.17, 15) is 14.4 Å². The molecule has 2 amide bonds. The van der Waals surface area contributed by atoms with E-state index in [-0.39, 0.29) is 12.1 Å². The minimum atomic E-state index is -1.60. The Morgan fingerprint density at radius 2 is 2.00 bits per heavy atom. The third kappa shape index (κ3) is 3.85. The zero-order valence-corrected chi connectivity index (χ0v) is 11.4. The molecule has 1 aliphatic rings. The summed E-state index contributed by atoms with van der Waals surface area (Å²) >= 11 is 0. The van der Waals surface area contributed by atoms with E-state index < -0.39 is 32.1 Å². The van der Waals surface area contributed by atoms with Crippen molar-refractivity contribution in [3.63, 3.8) is 0 Å². The van der Waals surface area contributed by atoms with Crippen molar-refractivity contribution in [2.24, 2.45) is 0 Å². The third-order valence-electron chi connectivity index (χ3n) is 2.66. The lowest BCUT2D eigenvalue weighted by Gasteiger charge is -2.24. The average molecular weight is 259 g/mol. The van der Waals surface area contributed by atoms with Crippen molar-refractivity contribution in [3.05, 3.63) is 0 Å². The average Bonchev–Trinajstić information content (AvgIpc) is 2.43. The van der Waals surface area contributed by atoms with Gasteiger partial charge in [0.15, 0.2) is 6.10 Å². The fourth-order valence-electron chi connectivity index (χ4n) is 1.09. The van der Waals surface area contributed by atoms with Gasteiger partial charge in [0.2, 0.25) is 5.91 Å². The Kier molecular flexibility index (Phi) is 3.92. The quantitative estimate of drug-likeness (QED) is 0.461. The normalized spacial score (nSPS) is 22.0. The van der Waals surface area contributed by atoms with Gasteiger partial charge in [-0.15, -0.1) is 0 Å². The second kappa shape index (κ2) is 4.87. The Morgan fingerprint density at radius 1 is 1.41 bits per heavy atom. The van der Waals surface area contributed by atoms with Crippen LogP contribution >= 0.6 is 0 Å². The van der Waals surface area contributed by atoms with Gasteiger partial charge in [0.25, 0.3) is 5.91 Å². The fourth-order valence-corrected chi connectivity index (χ4v) is 1.54. The van der Waals surface area contributed by atoms with E-state index in [1.807, 2.05) is 0 Å². The Hall–Kier alpha value is -1.37. The smallest absolute Gasteiger partial charge is 0.435 e. The Morgan fingerprint density at radius 3 is 2.41 bits per heavy atom. The maximum absolute atomic E-state index is 11.4. The van der Waals surface area contributed by atoms with Gasteiger partial charge in [0.05, 0.1) is 20.2 Å². The molecule has 1 saturated heterocycles. The molecule has 17 heavy (non-hydrogen) atoms. The van der Waals surface area contributed by atoms with Crippen LogP contribution < -0.4 is 5.32 Å². The van der Waals surface area contributed by atoms with Crippen LogP contribution in [0, 0.1) is 0 Å². The van der Waals surface area contributed by atoms with Crippen molar-refractivity contribution in [3.8, 4) is 0 Å². The molecule has 0 aromatic rings. The van der Waals surface area contributed by atoms with Crippen LogP contribution in [0.1, 0.15) is 13.3 Å².